The Morgan fingerprint density at radius 2 is 1.46 bits per heavy atom. The van der Waals surface area contributed by atoms with Gasteiger partial charge in [-0.2, -0.15) is 0 Å². The molecule has 3 aliphatic rings. The Morgan fingerprint density at radius 1 is 0.846 bits per heavy atom. The van der Waals surface area contributed by atoms with Gasteiger partial charge in [-0.15, -0.1) is 0 Å². The molecule has 0 saturated heterocycles. The highest BCUT2D eigenvalue weighted by molar-refractivity contribution is 9.10. The first-order valence-electron chi connectivity index (χ1n) is 9.27. The van der Waals surface area contributed by atoms with Gasteiger partial charge in [0.15, 0.2) is 0 Å². The Morgan fingerprint density at radius 3 is 2.15 bits per heavy atom. The summed E-state index contributed by atoms with van der Waals surface area (Å²) in [7, 11) is 0. The molecule has 2 heteroatoms. The van der Waals surface area contributed by atoms with Gasteiger partial charge in [-0.25, -0.2) is 0 Å². The molecule has 0 spiro atoms. The zero-order valence-electron chi connectivity index (χ0n) is 15.6. The molecular weight excluding hydrogens is 448 g/mol. The van der Waals surface area contributed by atoms with Crippen molar-refractivity contribution in [3.05, 3.63) is 79.2 Å². The molecule has 0 fully saturated rings. The van der Waals surface area contributed by atoms with E-state index in [0.29, 0.717) is 5.92 Å². The fourth-order valence-corrected chi connectivity index (χ4v) is 6.14. The normalized spacial score (nSPS) is 23.9. The average Bonchev–Trinajstić information content (AvgIpc) is 2.93. The number of allylic oxidation sites excluding steroid dienone is 4. The summed E-state index contributed by atoms with van der Waals surface area (Å²) in [6, 6.07) is 13.6. The Hall–Kier alpha value is -1.12. The van der Waals surface area contributed by atoms with Crippen molar-refractivity contribution in [2.45, 2.75) is 44.9 Å². The van der Waals surface area contributed by atoms with Crippen molar-refractivity contribution in [3.63, 3.8) is 0 Å². The molecule has 132 valence electrons. The maximum absolute atomic E-state index is 3.68. The van der Waals surface area contributed by atoms with Crippen LogP contribution >= 0.6 is 31.9 Å². The monoisotopic (exact) mass is 468 g/mol. The topological polar surface area (TPSA) is 0 Å². The highest BCUT2D eigenvalue weighted by Gasteiger charge is 2.48. The predicted molar refractivity (Wildman–Crippen MR) is 117 cm³/mol. The van der Waals surface area contributed by atoms with Crippen LogP contribution in [0.25, 0.3) is 11.1 Å². The smallest absolute Gasteiger partial charge is 0.0178 e. The van der Waals surface area contributed by atoms with Gasteiger partial charge in [0.2, 0.25) is 0 Å². The van der Waals surface area contributed by atoms with Gasteiger partial charge >= 0.3 is 0 Å². The van der Waals surface area contributed by atoms with Gasteiger partial charge < -0.3 is 0 Å². The number of halogens is 2. The van der Waals surface area contributed by atoms with Crippen LogP contribution in [0.15, 0.2) is 57.0 Å². The second-order valence-electron chi connectivity index (χ2n) is 8.98. The van der Waals surface area contributed by atoms with Crippen molar-refractivity contribution >= 4 is 43.0 Å². The molecule has 5 rings (SSSR count). The molecule has 0 aliphatic heterocycles. The van der Waals surface area contributed by atoms with Gasteiger partial charge in [0.1, 0.15) is 0 Å². The minimum Gasteiger partial charge on any atom is -0.0552 e. The van der Waals surface area contributed by atoms with Crippen LogP contribution in [0.3, 0.4) is 0 Å². The van der Waals surface area contributed by atoms with E-state index in [-0.39, 0.29) is 10.8 Å². The molecule has 3 aliphatic carbocycles. The lowest BCUT2D eigenvalue weighted by Gasteiger charge is -2.33. The molecule has 1 unspecified atom stereocenters. The van der Waals surface area contributed by atoms with Crippen LogP contribution in [0.2, 0.25) is 0 Å². The fourth-order valence-electron chi connectivity index (χ4n) is 5.42. The highest BCUT2D eigenvalue weighted by atomic mass is 79.9. The predicted octanol–water partition coefficient (Wildman–Crippen LogP) is 7.65. The standard InChI is InChI=1S/C24H22Br2/c1-23(2)19-9-13(25)5-7-15(19)17-12-22-18(11-21(17)23)16-8-6-14(26)10-20(16)24(22,3)4/h5-11,22H,12H2,1-4H3. The maximum Gasteiger partial charge on any atom is 0.0178 e. The molecule has 0 radical (unpaired) electrons. The molecule has 1 atom stereocenters. The van der Waals surface area contributed by atoms with Crippen molar-refractivity contribution in [1.29, 1.82) is 0 Å². The molecule has 26 heavy (non-hydrogen) atoms. The van der Waals surface area contributed by atoms with E-state index in [9.17, 15) is 0 Å². The van der Waals surface area contributed by atoms with E-state index >= 15 is 0 Å². The van der Waals surface area contributed by atoms with E-state index in [0.717, 1.165) is 6.42 Å². The first-order valence-corrected chi connectivity index (χ1v) is 10.9. The Kier molecular flexibility index (Phi) is 3.42. The molecule has 0 aromatic heterocycles. The van der Waals surface area contributed by atoms with Gasteiger partial charge in [0.25, 0.3) is 0 Å². The lowest BCUT2D eigenvalue weighted by Crippen LogP contribution is -2.26. The summed E-state index contributed by atoms with van der Waals surface area (Å²) < 4.78 is 2.35. The number of hydrogen-bond acceptors (Lipinski definition) is 0. The fraction of sp³-hybridized carbons (Fsp3) is 0.333. The largest absolute Gasteiger partial charge is 0.0552 e. The first kappa shape index (κ1) is 17.0. The van der Waals surface area contributed by atoms with Crippen LogP contribution < -0.4 is 0 Å². The van der Waals surface area contributed by atoms with Crippen LogP contribution in [-0.4, -0.2) is 0 Å². The Balaban J connectivity index is 1.74. The number of benzene rings is 2. The zero-order valence-corrected chi connectivity index (χ0v) is 18.8. The van der Waals surface area contributed by atoms with Crippen LogP contribution in [0.5, 0.6) is 0 Å². The third kappa shape index (κ3) is 2.06. The van der Waals surface area contributed by atoms with E-state index < -0.39 is 0 Å². The summed E-state index contributed by atoms with van der Waals surface area (Å²) in [5.41, 5.74) is 10.7. The third-order valence-corrected chi connectivity index (χ3v) is 7.91. The van der Waals surface area contributed by atoms with Crippen molar-refractivity contribution in [2.24, 2.45) is 5.92 Å². The second-order valence-corrected chi connectivity index (χ2v) is 10.8. The first-order chi connectivity index (χ1) is 12.2. The maximum atomic E-state index is 3.68. The van der Waals surface area contributed by atoms with Gasteiger partial charge in [-0.3, -0.25) is 0 Å². The van der Waals surface area contributed by atoms with Crippen LogP contribution in [0, 0.1) is 5.92 Å². The van der Waals surface area contributed by atoms with Crippen LogP contribution in [0.4, 0.5) is 0 Å². The molecule has 0 nitrogen and oxygen atoms in total. The summed E-state index contributed by atoms with van der Waals surface area (Å²) in [5.74, 6) is 0.552. The van der Waals surface area contributed by atoms with Crippen molar-refractivity contribution in [2.75, 3.05) is 0 Å². The zero-order chi connectivity index (χ0) is 18.4. The van der Waals surface area contributed by atoms with Gasteiger partial charge in [-0.1, -0.05) is 77.8 Å². The SMILES string of the molecule is CC1(C)C2=C(CC3C(=C2)c2ccc(Br)cc2C3(C)C)c2ccc(Br)cc21. The molecule has 0 amide bonds. The molecule has 0 saturated carbocycles. The van der Waals surface area contributed by atoms with Crippen molar-refractivity contribution in [3.8, 4) is 0 Å². The third-order valence-electron chi connectivity index (χ3n) is 6.92. The number of fused-ring (bicyclic) bond motifs is 5. The molecule has 0 N–H and O–H groups in total. The van der Waals surface area contributed by atoms with Crippen LogP contribution in [-0.2, 0) is 10.8 Å². The summed E-state index contributed by atoms with van der Waals surface area (Å²) in [4.78, 5) is 0. The van der Waals surface area contributed by atoms with Crippen LogP contribution in [0.1, 0.15) is 56.4 Å². The van der Waals surface area contributed by atoms with Gasteiger partial charge in [-0.05, 0) is 81.0 Å². The van der Waals surface area contributed by atoms with E-state index in [4.69, 9.17) is 0 Å². The summed E-state index contributed by atoms with van der Waals surface area (Å²) in [5, 5.41) is 0. The summed E-state index contributed by atoms with van der Waals surface area (Å²) >= 11 is 7.35. The Labute approximate surface area is 172 Å². The number of rotatable bonds is 0. The number of hydrogen-bond donors (Lipinski definition) is 0. The lowest BCUT2D eigenvalue weighted by atomic mass is 9.70. The van der Waals surface area contributed by atoms with E-state index in [1.165, 1.54) is 42.3 Å². The average molecular weight is 470 g/mol. The summed E-state index contributed by atoms with van der Waals surface area (Å²) in [6.45, 7) is 9.58. The van der Waals surface area contributed by atoms with E-state index in [1.54, 1.807) is 5.57 Å². The van der Waals surface area contributed by atoms with Crippen molar-refractivity contribution < 1.29 is 0 Å². The van der Waals surface area contributed by atoms with Gasteiger partial charge in [0, 0.05) is 14.4 Å². The molecule has 2 aromatic carbocycles. The molecule has 0 bridgehead atoms. The van der Waals surface area contributed by atoms with Crippen molar-refractivity contribution in [1.82, 2.24) is 0 Å². The van der Waals surface area contributed by atoms with Gasteiger partial charge in [0.05, 0.1) is 0 Å². The minimum absolute atomic E-state index is 0.0642. The molecular formula is C24H22Br2. The van der Waals surface area contributed by atoms with E-state index in [2.05, 4.69) is 102 Å². The van der Waals surface area contributed by atoms with E-state index in [1.807, 2.05) is 0 Å². The highest BCUT2D eigenvalue weighted by Crippen LogP contribution is 2.60. The lowest BCUT2D eigenvalue weighted by molar-refractivity contribution is 0.417. The molecule has 2 aromatic rings. The second kappa shape index (κ2) is 5.23. The molecule has 0 heterocycles. The quantitative estimate of drug-likeness (QED) is 0.371. The Bertz CT molecular complexity index is 1030. The minimum atomic E-state index is 0.0642. The summed E-state index contributed by atoms with van der Waals surface area (Å²) in [6.07, 6.45) is 3.66.